The lowest BCUT2D eigenvalue weighted by Gasteiger charge is -2.35. The average Bonchev–Trinajstić information content (AvgIpc) is 1.91. The van der Waals surface area contributed by atoms with Crippen molar-refractivity contribution in [3.8, 4) is 0 Å². The van der Waals surface area contributed by atoms with Gasteiger partial charge in [-0.1, -0.05) is 69.6 Å². The van der Waals surface area contributed by atoms with Crippen molar-refractivity contribution in [2.75, 3.05) is 0 Å². The molecule has 0 aliphatic rings. The van der Waals surface area contributed by atoms with E-state index in [-0.39, 0.29) is 12.8 Å². The van der Waals surface area contributed by atoms with Crippen molar-refractivity contribution in [3.63, 3.8) is 0 Å². The number of phosphoric acid groups is 1. The molecule has 19 heavy (non-hydrogen) atoms. The van der Waals surface area contributed by atoms with Crippen LogP contribution in [-0.2, 0) is 8.78 Å². The maximum absolute atomic E-state index is 11.0. The third-order valence-corrected chi connectivity index (χ3v) is 8.43. The molecule has 0 amide bonds. The van der Waals surface area contributed by atoms with Crippen molar-refractivity contribution in [1.29, 1.82) is 0 Å². The highest BCUT2D eigenvalue weighted by Gasteiger charge is 2.45. The fourth-order valence-corrected chi connectivity index (χ4v) is 8.04. The summed E-state index contributed by atoms with van der Waals surface area (Å²) >= 11 is 34.2. The molecule has 12 heteroatoms. The highest BCUT2D eigenvalue weighted by Crippen LogP contribution is 2.51. The van der Waals surface area contributed by atoms with Crippen LogP contribution in [0.15, 0.2) is 0 Å². The van der Waals surface area contributed by atoms with Crippen molar-refractivity contribution in [1.82, 2.24) is 0 Å². The van der Waals surface area contributed by atoms with Crippen LogP contribution in [0.5, 0.6) is 0 Å². The normalized spacial score (nSPS) is 15.1. The molecular formula is C7H13Cl6O4PSi. The average molecular weight is 433 g/mol. The molecule has 116 valence electrons. The lowest BCUT2D eigenvalue weighted by Crippen LogP contribution is -2.39. The van der Waals surface area contributed by atoms with Gasteiger partial charge in [-0.25, -0.2) is 4.57 Å². The molecule has 4 nitrogen and oxygen atoms in total. The van der Waals surface area contributed by atoms with Crippen LogP contribution in [0.3, 0.4) is 0 Å². The topological polar surface area (TPSA) is 66.8 Å². The van der Waals surface area contributed by atoms with Crippen LogP contribution in [-0.4, -0.2) is 25.7 Å². The molecule has 0 rings (SSSR count). The zero-order valence-corrected chi connectivity index (χ0v) is 16.3. The van der Waals surface area contributed by atoms with Gasteiger partial charge in [0.2, 0.25) is 8.32 Å². The molecule has 0 fully saturated rings. The van der Waals surface area contributed by atoms with Crippen molar-refractivity contribution in [2.45, 2.75) is 39.1 Å². The smallest absolute Gasteiger partial charge is 0.330 e. The van der Waals surface area contributed by atoms with Gasteiger partial charge in [-0.15, -0.1) is 0 Å². The fourth-order valence-electron chi connectivity index (χ4n) is 1.50. The second-order valence-corrected chi connectivity index (χ2v) is 15.3. The van der Waals surface area contributed by atoms with E-state index in [2.05, 4.69) is 0 Å². The van der Waals surface area contributed by atoms with Crippen molar-refractivity contribution < 1.29 is 18.6 Å². The molecule has 0 heterocycles. The Morgan fingerprint density at radius 3 is 1.58 bits per heavy atom. The molecular weight excluding hydrogens is 420 g/mol. The molecule has 0 aromatic rings. The molecule has 0 saturated heterocycles. The van der Waals surface area contributed by atoms with Gasteiger partial charge < -0.3 is 14.0 Å². The summed E-state index contributed by atoms with van der Waals surface area (Å²) in [6, 6.07) is 0. The van der Waals surface area contributed by atoms with Crippen LogP contribution in [0.1, 0.15) is 12.8 Å². The quantitative estimate of drug-likeness (QED) is 0.356. The molecule has 0 radical (unpaired) electrons. The van der Waals surface area contributed by atoms with E-state index in [0.717, 1.165) is 0 Å². The Kier molecular flexibility index (Phi) is 7.87. The number of halogens is 6. The Balaban J connectivity index is 5.16. The van der Waals surface area contributed by atoms with E-state index in [0.29, 0.717) is 0 Å². The highest BCUT2D eigenvalue weighted by atomic mass is 35.6. The van der Waals surface area contributed by atoms with Crippen molar-refractivity contribution >= 4 is 85.7 Å². The molecule has 0 saturated carbocycles. The molecule has 0 aliphatic carbocycles. The highest BCUT2D eigenvalue weighted by molar-refractivity contribution is 7.48. The van der Waals surface area contributed by atoms with E-state index >= 15 is 0 Å². The van der Waals surface area contributed by atoms with Crippen LogP contribution in [0.25, 0.3) is 0 Å². The summed E-state index contributed by atoms with van der Waals surface area (Å²) in [5.74, 6) is 0. The van der Waals surface area contributed by atoms with Gasteiger partial charge in [0.25, 0.3) is 0 Å². The molecule has 0 atom stereocenters. The number of hydrogen-bond donors (Lipinski definition) is 2. The summed E-state index contributed by atoms with van der Waals surface area (Å²) in [5.41, 5.74) is -0.569. The summed E-state index contributed by atoms with van der Waals surface area (Å²) in [6.45, 7) is 3.12. The third-order valence-electron chi connectivity index (χ3n) is 2.29. The Morgan fingerprint density at radius 2 is 1.37 bits per heavy atom. The first-order valence-electron chi connectivity index (χ1n) is 4.92. The summed E-state index contributed by atoms with van der Waals surface area (Å²) in [6.07, 6.45) is -0.0738. The first-order chi connectivity index (χ1) is 8.02. The van der Waals surface area contributed by atoms with Gasteiger partial charge in [-0.2, -0.15) is 0 Å². The Morgan fingerprint density at radius 1 is 1.05 bits per heavy atom. The van der Waals surface area contributed by atoms with Crippen molar-refractivity contribution in [3.05, 3.63) is 0 Å². The molecule has 0 aromatic heterocycles. The third kappa shape index (κ3) is 11.3. The second-order valence-electron chi connectivity index (χ2n) is 4.52. The number of rotatable bonds is 5. The summed E-state index contributed by atoms with van der Waals surface area (Å²) in [4.78, 5) is 17.8. The Bertz CT molecular complexity index is 332. The van der Waals surface area contributed by atoms with E-state index < -0.39 is 29.3 Å². The predicted molar refractivity (Wildman–Crippen MR) is 84.2 cm³/mol. The zero-order valence-electron chi connectivity index (χ0n) is 9.92. The molecule has 0 aliphatic heterocycles. The van der Waals surface area contributed by atoms with E-state index in [1.54, 1.807) is 13.1 Å². The van der Waals surface area contributed by atoms with E-state index in [4.69, 9.17) is 83.6 Å². The predicted octanol–water partition coefficient (Wildman–Crippen LogP) is 5.19. The van der Waals surface area contributed by atoms with E-state index in [9.17, 15) is 4.57 Å². The number of hydrogen-bond acceptors (Lipinski definition) is 2. The monoisotopic (exact) mass is 430 g/mol. The van der Waals surface area contributed by atoms with Gasteiger partial charge in [-0.3, -0.25) is 0 Å². The minimum absolute atomic E-state index is 0.0369. The van der Waals surface area contributed by atoms with E-state index in [1.165, 1.54) is 0 Å². The van der Waals surface area contributed by atoms with Crippen LogP contribution in [0.4, 0.5) is 0 Å². The Hall–Kier alpha value is 2.07. The van der Waals surface area contributed by atoms with Gasteiger partial charge in [0.1, 0.15) is 0 Å². The lowest BCUT2D eigenvalue weighted by molar-refractivity contribution is 0.276. The van der Waals surface area contributed by atoms with Crippen LogP contribution < -0.4 is 0 Å². The van der Waals surface area contributed by atoms with E-state index in [1.807, 2.05) is 0 Å². The minimum Gasteiger partial charge on any atom is -0.330 e. The summed E-state index contributed by atoms with van der Waals surface area (Å²) < 4.78 is 12.6. The standard InChI is InChI=1S/C7H13Cl6O4PSi/c1-19(2,17-18(14,15)16)5(3-6(8,9)10)4-7(11,12)13/h5H,3-4H2,1-2H3,(H2,14,15,16). The lowest BCUT2D eigenvalue weighted by atomic mass is 10.2. The SMILES string of the molecule is C[Si](C)(OP(=O)(O)O)C(CC(Cl)(Cl)Cl)CC(Cl)(Cl)Cl. The van der Waals surface area contributed by atoms with Crippen LogP contribution >= 0.6 is 77.4 Å². The van der Waals surface area contributed by atoms with Gasteiger partial charge in [-0.05, 0) is 31.5 Å². The fraction of sp³-hybridized carbons (Fsp3) is 1.00. The summed E-state index contributed by atoms with van der Waals surface area (Å²) in [5, 5.41) is 0. The van der Waals surface area contributed by atoms with Gasteiger partial charge >= 0.3 is 7.82 Å². The van der Waals surface area contributed by atoms with Crippen LogP contribution in [0.2, 0.25) is 18.6 Å². The first kappa shape index (κ1) is 21.1. The second kappa shape index (κ2) is 7.09. The molecule has 0 spiro atoms. The van der Waals surface area contributed by atoms with Gasteiger partial charge in [0, 0.05) is 0 Å². The maximum atomic E-state index is 11.0. The molecule has 0 bridgehead atoms. The largest absolute Gasteiger partial charge is 0.459 e. The molecule has 2 N–H and O–H groups in total. The van der Waals surface area contributed by atoms with Crippen molar-refractivity contribution in [2.24, 2.45) is 0 Å². The summed E-state index contributed by atoms with van der Waals surface area (Å²) in [7, 11) is -7.63. The molecule has 0 unspecified atom stereocenters. The van der Waals surface area contributed by atoms with Gasteiger partial charge in [0.15, 0.2) is 7.59 Å². The van der Waals surface area contributed by atoms with Crippen LogP contribution in [0, 0.1) is 0 Å². The zero-order chi connectivity index (χ0) is 15.7. The maximum Gasteiger partial charge on any atom is 0.459 e. The minimum atomic E-state index is -4.67. The Labute approximate surface area is 143 Å². The number of alkyl halides is 6. The molecule has 0 aromatic carbocycles. The first-order valence-corrected chi connectivity index (χ1v) is 11.7. The van der Waals surface area contributed by atoms with Gasteiger partial charge in [0.05, 0.1) is 0 Å².